The van der Waals surface area contributed by atoms with Gasteiger partial charge in [-0.3, -0.25) is 19.5 Å². The van der Waals surface area contributed by atoms with Gasteiger partial charge in [-0.05, 0) is 54.1 Å². The van der Waals surface area contributed by atoms with Crippen molar-refractivity contribution in [1.29, 1.82) is 0 Å². The van der Waals surface area contributed by atoms with Crippen LogP contribution in [0.1, 0.15) is 22.2 Å². The molecule has 1 atom stereocenters. The Bertz CT molecular complexity index is 1470. The third kappa shape index (κ3) is 3.44. The number of amides is 1. The molecule has 6 nitrogen and oxygen atoms in total. The van der Waals surface area contributed by atoms with E-state index in [1.165, 1.54) is 30.6 Å². The number of ketones is 1. The molecule has 0 fully saturated rings. The van der Waals surface area contributed by atoms with Gasteiger partial charge in [-0.15, -0.1) is 0 Å². The van der Waals surface area contributed by atoms with E-state index in [2.05, 4.69) is 4.98 Å². The van der Waals surface area contributed by atoms with E-state index < -0.39 is 35.1 Å². The van der Waals surface area contributed by atoms with Crippen molar-refractivity contribution in [2.45, 2.75) is 6.04 Å². The van der Waals surface area contributed by atoms with Crippen molar-refractivity contribution in [2.75, 3.05) is 4.90 Å². The second-order valence-corrected chi connectivity index (χ2v) is 7.77. The fourth-order valence-electron chi connectivity index (χ4n) is 3.88. The first-order valence-corrected chi connectivity index (χ1v) is 10.1. The Hall–Kier alpha value is -4.04. The van der Waals surface area contributed by atoms with E-state index in [0.717, 1.165) is 17.0 Å². The summed E-state index contributed by atoms with van der Waals surface area (Å²) in [6.45, 7) is 0. The number of anilines is 1. The number of nitrogens with zero attached hydrogens (tertiary/aromatic N) is 2. The molecular formula is C24H13ClF2N2O4. The normalized spacial score (nSPS) is 16.2. The van der Waals surface area contributed by atoms with Crippen LogP contribution in [0.3, 0.4) is 0 Å². The van der Waals surface area contributed by atoms with Gasteiger partial charge in [-0.1, -0.05) is 11.6 Å². The molecule has 0 saturated carbocycles. The fourth-order valence-corrected chi connectivity index (χ4v) is 4.06. The number of hydrogen-bond acceptors (Lipinski definition) is 5. The van der Waals surface area contributed by atoms with Gasteiger partial charge < -0.3 is 9.52 Å². The third-order valence-corrected chi connectivity index (χ3v) is 5.58. The molecule has 1 amide bonds. The SMILES string of the molecule is O=C(C1=C(O)C(=O)N(c2ccc(F)cc2F)C1c1ccncc1)c1cc2cc(Cl)ccc2o1. The van der Waals surface area contributed by atoms with E-state index in [-0.39, 0.29) is 17.0 Å². The molecule has 1 aliphatic heterocycles. The molecule has 0 radical (unpaired) electrons. The predicted molar refractivity (Wildman–Crippen MR) is 116 cm³/mol. The number of carbonyl (C=O) groups is 2. The lowest BCUT2D eigenvalue weighted by Crippen LogP contribution is -2.31. The molecule has 2 aromatic heterocycles. The first kappa shape index (κ1) is 20.8. The number of aliphatic hydroxyl groups is 1. The van der Waals surface area contributed by atoms with Crippen molar-refractivity contribution in [1.82, 2.24) is 4.98 Å². The van der Waals surface area contributed by atoms with Crippen molar-refractivity contribution >= 4 is 39.9 Å². The Morgan fingerprint density at radius 3 is 2.55 bits per heavy atom. The van der Waals surface area contributed by atoms with Crippen LogP contribution in [0.4, 0.5) is 14.5 Å². The van der Waals surface area contributed by atoms with Crippen molar-refractivity contribution in [3.63, 3.8) is 0 Å². The lowest BCUT2D eigenvalue weighted by molar-refractivity contribution is -0.117. The van der Waals surface area contributed by atoms with E-state index >= 15 is 0 Å². The number of fused-ring (bicyclic) bond motifs is 1. The molecular weight excluding hydrogens is 454 g/mol. The lowest BCUT2D eigenvalue weighted by atomic mass is 9.95. The van der Waals surface area contributed by atoms with Crippen LogP contribution in [0.5, 0.6) is 0 Å². The summed E-state index contributed by atoms with van der Waals surface area (Å²) < 4.78 is 33.8. The summed E-state index contributed by atoms with van der Waals surface area (Å²) in [5.74, 6) is -4.63. The summed E-state index contributed by atoms with van der Waals surface area (Å²) >= 11 is 6.00. The fraction of sp³-hybridized carbons (Fsp3) is 0.0417. The maximum absolute atomic E-state index is 14.7. The Kier molecular flexibility index (Phi) is 4.94. The number of carbonyl (C=O) groups excluding carboxylic acids is 2. The highest BCUT2D eigenvalue weighted by atomic mass is 35.5. The van der Waals surface area contributed by atoms with Gasteiger partial charge in [0.1, 0.15) is 17.2 Å². The zero-order valence-corrected chi connectivity index (χ0v) is 17.4. The number of hydrogen-bond donors (Lipinski definition) is 1. The summed E-state index contributed by atoms with van der Waals surface area (Å²) in [5, 5.41) is 11.7. The Morgan fingerprint density at radius 1 is 1.06 bits per heavy atom. The van der Waals surface area contributed by atoms with Crippen LogP contribution in [0.2, 0.25) is 5.02 Å². The van der Waals surface area contributed by atoms with Gasteiger partial charge in [0.2, 0.25) is 5.78 Å². The Morgan fingerprint density at radius 2 is 1.82 bits per heavy atom. The van der Waals surface area contributed by atoms with E-state index in [1.54, 1.807) is 18.2 Å². The topological polar surface area (TPSA) is 83.6 Å². The van der Waals surface area contributed by atoms with Crippen LogP contribution in [-0.4, -0.2) is 21.8 Å². The molecule has 9 heteroatoms. The first-order chi connectivity index (χ1) is 15.8. The van der Waals surface area contributed by atoms with E-state index in [1.807, 2.05) is 0 Å². The summed E-state index contributed by atoms with van der Waals surface area (Å²) in [6, 6.07) is 10.7. The Balaban J connectivity index is 1.67. The van der Waals surface area contributed by atoms with E-state index in [9.17, 15) is 23.5 Å². The zero-order chi connectivity index (χ0) is 23.3. The maximum atomic E-state index is 14.7. The minimum atomic E-state index is -1.20. The number of furan rings is 1. The van der Waals surface area contributed by atoms with Gasteiger partial charge in [0.25, 0.3) is 5.91 Å². The number of aliphatic hydroxyl groups excluding tert-OH is 1. The minimum absolute atomic E-state index is 0.137. The molecule has 0 aliphatic carbocycles. The molecule has 4 aromatic rings. The van der Waals surface area contributed by atoms with Gasteiger partial charge >= 0.3 is 0 Å². The molecule has 1 unspecified atom stereocenters. The number of halogens is 3. The van der Waals surface area contributed by atoms with Crippen LogP contribution in [-0.2, 0) is 4.79 Å². The van der Waals surface area contributed by atoms with Crippen LogP contribution >= 0.6 is 11.6 Å². The number of rotatable bonds is 4. The first-order valence-electron chi connectivity index (χ1n) is 9.70. The second kappa shape index (κ2) is 7.83. The summed E-state index contributed by atoms with van der Waals surface area (Å²) in [7, 11) is 0. The monoisotopic (exact) mass is 466 g/mol. The standard InChI is InChI=1S/C24H13ClF2N2O4/c25-14-1-4-18-13(9-14)10-19(33-18)22(30)20-21(12-5-7-28-8-6-12)29(24(32)23(20)31)17-3-2-15(26)11-16(17)27/h1-11,21,31H. The summed E-state index contributed by atoms with van der Waals surface area (Å²) in [4.78, 5) is 31.3. The highest BCUT2D eigenvalue weighted by Crippen LogP contribution is 2.43. The molecule has 5 rings (SSSR count). The minimum Gasteiger partial charge on any atom is -0.503 e. The van der Waals surface area contributed by atoms with Crippen LogP contribution in [0, 0.1) is 11.6 Å². The molecule has 1 N–H and O–H groups in total. The highest BCUT2D eigenvalue weighted by molar-refractivity contribution is 6.31. The number of Topliss-reactive ketones (excluding diaryl/α,β-unsaturated/α-hetero) is 1. The molecule has 0 saturated heterocycles. The van der Waals surface area contributed by atoms with Gasteiger partial charge in [-0.25, -0.2) is 8.78 Å². The lowest BCUT2D eigenvalue weighted by Gasteiger charge is -2.27. The van der Waals surface area contributed by atoms with Crippen LogP contribution in [0.15, 0.2) is 82.7 Å². The van der Waals surface area contributed by atoms with Gasteiger partial charge in [0.05, 0.1) is 17.3 Å². The van der Waals surface area contributed by atoms with Gasteiger partial charge in [-0.2, -0.15) is 0 Å². The van der Waals surface area contributed by atoms with E-state index in [0.29, 0.717) is 27.6 Å². The molecule has 0 spiro atoms. The van der Waals surface area contributed by atoms with E-state index in [4.69, 9.17) is 16.0 Å². The largest absolute Gasteiger partial charge is 0.503 e. The van der Waals surface area contributed by atoms with Crippen molar-refractivity contribution in [2.24, 2.45) is 0 Å². The average Bonchev–Trinajstić information content (AvgIpc) is 3.33. The molecule has 2 aromatic carbocycles. The van der Waals surface area contributed by atoms with Crippen molar-refractivity contribution in [3.05, 3.63) is 106 Å². The highest BCUT2D eigenvalue weighted by Gasteiger charge is 2.46. The van der Waals surface area contributed by atoms with Crippen molar-refractivity contribution in [3.8, 4) is 0 Å². The third-order valence-electron chi connectivity index (χ3n) is 5.35. The predicted octanol–water partition coefficient (Wildman–Crippen LogP) is 5.54. The average molecular weight is 467 g/mol. The number of aromatic nitrogens is 1. The molecule has 0 bridgehead atoms. The molecule has 164 valence electrons. The number of pyridine rings is 1. The molecule has 3 heterocycles. The second-order valence-electron chi connectivity index (χ2n) is 7.34. The molecule has 1 aliphatic rings. The van der Waals surface area contributed by atoms with Crippen LogP contribution in [0.25, 0.3) is 11.0 Å². The van der Waals surface area contributed by atoms with Gasteiger partial charge in [0, 0.05) is 28.9 Å². The smallest absolute Gasteiger partial charge is 0.294 e. The maximum Gasteiger partial charge on any atom is 0.294 e. The van der Waals surface area contributed by atoms with Crippen molar-refractivity contribution < 1.29 is 27.9 Å². The summed E-state index contributed by atoms with van der Waals surface area (Å²) in [6.07, 6.45) is 2.86. The van der Waals surface area contributed by atoms with Gasteiger partial charge in [0.15, 0.2) is 11.5 Å². The summed E-state index contributed by atoms with van der Waals surface area (Å²) in [5.41, 5.74) is 0.164. The quantitative estimate of drug-likeness (QED) is 0.399. The van der Waals surface area contributed by atoms with Crippen LogP contribution < -0.4 is 4.90 Å². The Labute approximate surface area is 190 Å². The number of benzene rings is 2. The zero-order valence-electron chi connectivity index (χ0n) is 16.6. The molecule has 33 heavy (non-hydrogen) atoms.